The highest BCUT2D eigenvalue weighted by Crippen LogP contribution is 2.62. The fourth-order valence-corrected chi connectivity index (χ4v) is 8.11. The maximum Gasteiger partial charge on any atom is -0.0326 e. The number of fused-ring (bicyclic) bond motifs is 5. The second kappa shape index (κ2) is 5.27. The van der Waals surface area contributed by atoms with Gasteiger partial charge in [-0.05, 0) is 84.9 Å². The van der Waals surface area contributed by atoms with Crippen LogP contribution in [0.2, 0.25) is 0 Å². The van der Waals surface area contributed by atoms with E-state index in [2.05, 4.69) is 27.7 Å². The molecule has 4 saturated carbocycles. The van der Waals surface area contributed by atoms with Crippen molar-refractivity contribution < 1.29 is 0 Å². The molecule has 21 heavy (non-hydrogen) atoms. The van der Waals surface area contributed by atoms with Crippen LogP contribution in [-0.2, 0) is 0 Å². The molecule has 0 aromatic rings. The highest BCUT2D eigenvalue weighted by atomic mass is 14.6. The minimum Gasteiger partial charge on any atom is -0.0622 e. The Hall–Kier alpha value is 0. The van der Waals surface area contributed by atoms with Gasteiger partial charge in [-0.15, -0.1) is 0 Å². The van der Waals surface area contributed by atoms with E-state index in [1.807, 2.05) is 0 Å². The Morgan fingerprint density at radius 2 is 1.19 bits per heavy atom. The summed E-state index contributed by atoms with van der Waals surface area (Å²) in [6.45, 7) is 10.4. The average molecular weight is 289 g/mol. The zero-order valence-corrected chi connectivity index (χ0v) is 14.7. The molecule has 0 saturated heterocycles. The summed E-state index contributed by atoms with van der Waals surface area (Å²) in [5.41, 5.74) is 0. The van der Waals surface area contributed by atoms with Crippen molar-refractivity contribution in [1.82, 2.24) is 0 Å². The van der Waals surface area contributed by atoms with Crippen LogP contribution in [0.3, 0.4) is 0 Å². The van der Waals surface area contributed by atoms with Crippen molar-refractivity contribution >= 4 is 0 Å². The van der Waals surface area contributed by atoms with Crippen LogP contribution < -0.4 is 0 Å². The molecule has 10 unspecified atom stereocenters. The quantitative estimate of drug-likeness (QED) is 0.512. The number of rotatable bonds is 0. The lowest BCUT2D eigenvalue weighted by Crippen LogP contribution is -2.51. The Morgan fingerprint density at radius 1 is 0.476 bits per heavy atom. The second-order valence-corrected chi connectivity index (χ2v) is 9.70. The van der Waals surface area contributed by atoms with Gasteiger partial charge in [0, 0.05) is 0 Å². The van der Waals surface area contributed by atoms with Gasteiger partial charge in [0.25, 0.3) is 0 Å². The predicted octanol–water partition coefficient (Wildman–Crippen LogP) is 6.01. The van der Waals surface area contributed by atoms with Crippen LogP contribution in [0.4, 0.5) is 0 Å². The molecule has 0 amide bonds. The lowest BCUT2D eigenvalue weighted by atomic mass is 9.48. The van der Waals surface area contributed by atoms with E-state index in [1.165, 1.54) is 19.3 Å². The molecule has 0 heterocycles. The lowest BCUT2D eigenvalue weighted by molar-refractivity contribution is -0.0882. The molecular weight excluding hydrogens is 252 g/mol. The third kappa shape index (κ3) is 2.14. The van der Waals surface area contributed by atoms with Gasteiger partial charge < -0.3 is 0 Å². The highest BCUT2D eigenvalue weighted by molar-refractivity contribution is 5.03. The topological polar surface area (TPSA) is 0 Å². The molecule has 4 aliphatic carbocycles. The molecular formula is C21H36. The van der Waals surface area contributed by atoms with Gasteiger partial charge in [0.1, 0.15) is 0 Å². The third-order valence-electron chi connectivity index (χ3n) is 8.73. The fraction of sp³-hybridized carbons (Fsp3) is 1.00. The predicted molar refractivity (Wildman–Crippen MR) is 89.9 cm³/mol. The Morgan fingerprint density at radius 3 is 2.00 bits per heavy atom. The third-order valence-corrected chi connectivity index (χ3v) is 8.73. The van der Waals surface area contributed by atoms with Crippen molar-refractivity contribution in [1.29, 1.82) is 0 Å². The molecule has 0 heteroatoms. The fourth-order valence-electron chi connectivity index (χ4n) is 8.11. The first-order chi connectivity index (χ1) is 10.1. The molecule has 4 aliphatic rings. The normalized spacial score (nSPS) is 60.0. The van der Waals surface area contributed by atoms with Crippen molar-refractivity contribution in [3.63, 3.8) is 0 Å². The Bertz CT molecular complexity index is 385. The average Bonchev–Trinajstić information content (AvgIpc) is 2.84. The molecule has 0 bridgehead atoms. The maximum atomic E-state index is 2.61. The van der Waals surface area contributed by atoms with Crippen molar-refractivity contribution in [3.8, 4) is 0 Å². The summed E-state index contributed by atoms with van der Waals surface area (Å²) in [4.78, 5) is 0. The smallest absolute Gasteiger partial charge is 0.0326 e. The van der Waals surface area contributed by atoms with Gasteiger partial charge in [0.05, 0.1) is 0 Å². The van der Waals surface area contributed by atoms with Gasteiger partial charge in [-0.25, -0.2) is 0 Å². The molecule has 0 N–H and O–H groups in total. The van der Waals surface area contributed by atoms with Gasteiger partial charge in [-0.2, -0.15) is 0 Å². The Kier molecular flexibility index (Phi) is 3.66. The molecule has 0 radical (unpaired) electrons. The van der Waals surface area contributed by atoms with Gasteiger partial charge in [0.2, 0.25) is 0 Å². The van der Waals surface area contributed by atoms with Gasteiger partial charge >= 0.3 is 0 Å². The first-order valence-corrected chi connectivity index (χ1v) is 10.1. The van der Waals surface area contributed by atoms with Gasteiger partial charge in [-0.1, -0.05) is 47.0 Å². The van der Waals surface area contributed by atoms with E-state index in [-0.39, 0.29) is 0 Å². The minimum absolute atomic E-state index is 1.01. The summed E-state index contributed by atoms with van der Waals surface area (Å²) >= 11 is 0. The van der Waals surface area contributed by atoms with Crippen LogP contribution in [0, 0.1) is 59.2 Å². The SMILES string of the molecule is CC1CC2C3CCC(C)C3C(C)CC2C2C(C)CCCC12. The largest absolute Gasteiger partial charge is 0.0622 e. The summed E-state index contributed by atoms with van der Waals surface area (Å²) in [5, 5.41) is 0. The van der Waals surface area contributed by atoms with Crippen molar-refractivity contribution in [2.45, 2.75) is 72.6 Å². The van der Waals surface area contributed by atoms with Crippen LogP contribution in [0.15, 0.2) is 0 Å². The number of hydrogen-bond donors (Lipinski definition) is 0. The number of hydrogen-bond acceptors (Lipinski definition) is 0. The van der Waals surface area contributed by atoms with Gasteiger partial charge in [0.15, 0.2) is 0 Å². The monoisotopic (exact) mass is 288 g/mol. The van der Waals surface area contributed by atoms with Crippen LogP contribution in [0.5, 0.6) is 0 Å². The zero-order valence-electron chi connectivity index (χ0n) is 14.7. The zero-order chi connectivity index (χ0) is 14.7. The van der Waals surface area contributed by atoms with Gasteiger partial charge in [-0.3, -0.25) is 0 Å². The summed E-state index contributed by atoms with van der Waals surface area (Å²) < 4.78 is 0. The highest BCUT2D eigenvalue weighted by Gasteiger charge is 2.55. The molecule has 4 rings (SSSR count). The molecule has 0 aliphatic heterocycles. The Balaban J connectivity index is 1.65. The van der Waals surface area contributed by atoms with Crippen molar-refractivity contribution in [2.75, 3.05) is 0 Å². The van der Waals surface area contributed by atoms with E-state index in [9.17, 15) is 0 Å². The van der Waals surface area contributed by atoms with E-state index < -0.39 is 0 Å². The summed E-state index contributed by atoms with van der Waals surface area (Å²) in [5.74, 6) is 10.6. The molecule has 4 fully saturated rings. The minimum atomic E-state index is 1.01. The molecule has 0 spiro atoms. The van der Waals surface area contributed by atoms with Crippen LogP contribution in [-0.4, -0.2) is 0 Å². The molecule has 0 nitrogen and oxygen atoms in total. The van der Waals surface area contributed by atoms with E-state index >= 15 is 0 Å². The maximum absolute atomic E-state index is 2.61. The summed E-state index contributed by atoms with van der Waals surface area (Å²) in [6.07, 6.45) is 10.8. The van der Waals surface area contributed by atoms with Crippen LogP contribution in [0.1, 0.15) is 72.6 Å². The molecule has 0 aromatic carbocycles. The molecule has 120 valence electrons. The lowest BCUT2D eigenvalue weighted by Gasteiger charge is -2.57. The van der Waals surface area contributed by atoms with Crippen LogP contribution in [0.25, 0.3) is 0 Å². The second-order valence-electron chi connectivity index (χ2n) is 9.70. The molecule has 0 aromatic heterocycles. The Labute approximate surface area is 132 Å². The van der Waals surface area contributed by atoms with Crippen molar-refractivity contribution in [2.24, 2.45) is 59.2 Å². The van der Waals surface area contributed by atoms with Crippen LogP contribution >= 0.6 is 0 Å². The van der Waals surface area contributed by atoms with E-state index in [4.69, 9.17) is 0 Å². The summed E-state index contributed by atoms with van der Waals surface area (Å²) in [6, 6.07) is 0. The van der Waals surface area contributed by atoms with E-state index in [0.29, 0.717) is 0 Å². The van der Waals surface area contributed by atoms with E-state index in [1.54, 1.807) is 25.7 Å². The van der Waals surface area contributed by atoms with E-state index in [0.717, 1.165) is 59.2 Å². The first-order valence-electron chi connectivity index (χ1n) is 10.1. The standard InChI is InChI=1S/C21H36/c1-12-6-5-7-16-14(3)10-18-17-9-8-13(2)20(17)15(4)11-19(18)21(12)16/h12-21H,5-11H2,1-4H3. The van der Waals surface area contributed by atoms with Crippen molar-refractivity contribution in [3.05, 3.63) is 0 Å². The first kappa shape index (κ1) is 14.6. The molecule has 10 atom stereocenters. The summed E-state index contributed by atoms with van der Waals surface area (Å²) in [7, 11) is 0.